The number of carbonyl (C=O) groups excluding carboxylic acids is 1. The molecule has 9 heteroatoms. The lowest BCUT2D eigenvalue weighted by Gasteiger charge is -2.31. The van der Waals surface area contributed by atoms with Gasteiger partial charge in [0.25, 0.3) is 0 Å². The van der Waals surface area contributed by atoms with E-state index in [0.717, 1.165) is 25.1 Å². The topological polar surface area (TPSA) is 71.0 Å². The monoisotopic (exact) mass is 371 g/mol. The van der Waals surface area contributed by atoms with Gasteiger partial charge in [0.1, 0.15) is 15.8 Å². The molecule has 1 saturated heterocycles. The van der Waals surface area contributed by atoms with Crippen LogP contribution in [0.15, 0.2) is 18.3 Å². The maximum atomic E-state index is 12.4. The number of pyridine rings is 1. The number of likely N-dealkylation sites (tertiary alicyclic amines) is 1. The lowest BCUT2D eigenvalue weighted by atomic mass is 9.97. The summed E-state index contributed by atoms with van der Waals surface area (Å²) in [6.45, 7) is 2.22. The Hall–Kier alpha value is -1.28. The van der Waals surface area contributed by atoms with E-state index < -0.39 is 0 Å². The third-order valence-corrected chi connectivity index (χ3v) is 4.95. The maximum absolute atomic E-state index is 12.4. The van der Waals surface area contributed by atoms with E-state index in [9.17, 15) is 4.79 Å². The minimum atomic E-state index is -0.0772. The smallest absolute Gasteiger partial charge is 0.229 e. The highest BCUT2D eigenvalue weighted by Crippen LogP contribution is 2.23. The van der Waals surface area contributed by atoms with Crippen LogP contribution in [0.25, 0.3) is 0 Å². The number of anilines is 1. The second-order valence-corrected chi connectivity index (χ2v) is 7.21. The number of piperidine rings is 1. The number of halogens is 2. The Morgan fingerprint density at radius 3 is 3.00 bits per heavy atom. The van der Waals surface area contributed by atoms with Crippen molar-refractivity contribution in [2.75, 3.05) is 18.4 Å². The van der Waals surface area contributed by atoms with Gasteiger partial charge in [-0.25, -0.2) is 4.98 Å². The molecule has 0 radical (unpaired) electrons. The van der Waals surface area contributed by atoms with Gasteiger partial charge in [0.15, 0.2) is 0 Å². The SMILES string of the molecule is O=C(Nc1ccc(Cl)cn1)C1CCCN(Cc2nnsc2Cl)C1. The molecule has 122 valence electrons. The summed E-state index contributed by atoms with van der Waals surface area (Å²) in [6.07, 6.45) is 3.34. The molecule has 6 nitrogen and oxygen atoms in total. The fourth-order valence-electron chi connectivity index (χ4n) is 2.59. The van der Waals surface area contributed by atoms with Crippen LogP contribution in [0.5, 0.6) is 0 Å². The van der Waals surface area contributed by atoms with Gasteiger partial charge in [-0.15, -0.1) is 5.10 Å². The van der Waals surface area contributed by atoms with Crippen LogP contribution in [0.2, 0.25) is 9.36 Å². The van der Waals surface area contributed by atoms with Gasteiger partial charge in [-0.2, -0.15) is 0 Å². The first kappa shape index (κ1) is 16.6. The van der Waals surface area contributed by atoms with Gasteiger partial charge in [-0.1, -0.05) is 27.7 Å². The van der Waals surface area contributed by atoms with E-state index in [-0.39, 0.29) is 11.8 Å². The lowest BCUT2D eigenvalue weighted by molar-refractivity contribution is -0.121. The van der Waals surface area contributed by atoms with Crippen molar-refractivity contribution < 1.29 is 4.79 Å². The summed E-state index contributed by atoms with van der Waals surface area (Å²) in [5.41, 5.74) is 0.775. The molecule has 1 aliphatic heterocycles. The van der Waals surface area contributed by atoms with Crippen LogP contribution in [0.1, 0.15) is 18.5 Å². The number of aromatic nitrogens is 3. The quantitative estimate of drug-likeness (QED) is 0.893. The van der Waals surface area contributed by atoms with Crippen molar-refractivity contribution >= 4 is 46.5 Å². The van der Waals surface area contributed by atoms with Crippen LogP contribution in [0, 0.1) is 5.92 Å². The van der Waals surface area contributed by atoms with Gasteiger partial charge >= 0.3 is 0 Å². The van der Waals surface area contributed by atoms with E-state index in [0.29, 0.717) is 28.3 Å². The van der Waals surface area contributed by atoms with Gasteiger partial charge in [-0.05, 0) is 31.5 Å². The first-order valence-corrected chi connectivity index (χ1v) is 8.76. The standard InChI is InChI=1S/C14H15Cl2N5OS/c15-10-3-4-12(17-6-10)18-14(22)9-2-1-5-21(7-9)8-11-13(16)23-20-19-11/h3-4,6,9H,1-2,5,7-8H2,(H,17,18,22). The Balaban J connectivity index is 1.58. The molecule has 0 saturated carbocycles. The van der Waals surface area contributed by atoms with Gasteiger partial charge in [0.05, 0.1) is 10.9 Å². The Bertz CT molecular complexity index is 678. The average Bonchev–Trinajstić information content (AvgIpc) is 2.95. The zero-order valence-corrected chi connectivity index (χ0v) is 14.5. The van der Waals surface area contributed by atoms with Crippen molar-refractivity contribution in [3.8, 4) is 0 Å². The highest BCUT2D eigenvalue weighted by molar-refractivity contribution is 7.10. The molecule has 0 spiro atoms. The van der Waals surface area contributed by atoms with Crippen LogP contribution in [0.4, 0.5) is 5.82 Å². The molecule has 0 bridgehead atoms. The fraction of sp³-hybridized carbons (Fsp3) is 0.429. The van der Waals surface area contributed by atoms with Crippen LogP contribution in [-0.2, 0) is 11.3 Å². The van der Waals surface area contributed by atoms with Crippen molar-refractivity contribution in [2.24, 2.45) is 5.92 Å². The number of hydrogen-bond acceptors (Lipinski definition) is 6. The molecule has 23 heavy (non-hydrogen) atoms. The Labute approximate surface area is 148 Å². The predicted molar refractivity (Wildman–Crippen MR) is 90.8 cm³/mol. The van der Waals surface area contributed by atoms with Crippen molar-refractivity contribution in [2.45, 2.75) is 19.4 Å². The number of rotatable bonds is 4. The summed E-state index contributed by atoms with van der Waals surface area (Å²) in [4.78, 5) is 18.7. The normalized spacial score (nSPS) is 18.8. The Morgan fingerprint density at radius 1 is 1.43 bits per heavy atom. The van der Waals surface area contributed by atoms with Gasteiger partial charge in [0, 0.05) is 30.8 Å². The first-order valence-electron chi connectivity index (χ1n) is 7.23. The number of carbonyl (C=O) groups is 1. The van der Waals surface area contributed by atoms with Crippen LogP contribution >= 0.6 is 34.7 Å². The zero-order chi connectivity index (χ0) is 16.2. The average molecular weight is 372 g/mol. The van der Waals surface area contributed by atoms with Crippen molar-refractivity contribution in [1.29, 1.82) is 0 Å². The molecule has 0 aliphatic carbocycles. The predicted octanol–water partition coefficient (Wildman–Crippen LogP) is 3.09. The summed E-state index contributed by atoms with van der Waals surface area (Å²) in [6, 6.07) is 3.40. The van der Waals surface area contributed by atoms with E-state index in [1.807, 2.05) is 0 Å². The van der Waals surface area contributed by atoms with E-state index in [1.54, 1.807) is 12.1 Å². The molecular formula is C14H15Cl2N5OS. The Morgan fingerprint density at radius 2 is 2.30 bits per heavy atom. The third kappa shape index (κ3) is 4.38. The number of hydrogen-bond donors (Lipinski definition) is 1. The van der Waals surface area contributed by atoms with Crippen LogP contribution < -0.4 is 5.32 Å². The fourth-order valence-corrected chi connectivity index (χ4v) is 3.32. The molecule has 1 atom stereocenters. The molecule has 1 fully saturated rings. The van der Waals surface area contributed by atoms with E-state index in [1.165, 1.54) is 17.7 Å². The second kappa shape index (κ2) is 7.53. The second-order valence-electron chi connectivity index (χ2n) is 5.42. The molecule has 2 aromatic heterocycles. The summed E-state index contributed by atoms with van der Waals surface area (Å²) in [5, 5.41) is 7.41. The minimum Gasteiger partial charge on any atom is -0.310 e. The molecule has 1 unspecified atom stereocenters. The van der Waals surface area contributed by atoms with Gasteiger partial charge < -0.3 is 5.32 Å². The molecule has 3 heterocycles. The van der Waals surface area contributed by atoms with Gasteiger partial charge in [-0.3, -0.25) is 9.69 Å². The van der Waals surface area contributed by atoms with Gasteiger partial charge in [0.2, 0.25) is 5.91 Å². The first-order chi connectivity index (χ1) is 11.1. The van der Waals surface area contributed by atoms with Crippen LogP contribution in [-0.4, -0.2) is 38.5 Å². The highest BCUT2D eigenvalue weighted by atomic mass is 35.5. The minimum absolute atomic E-state index is 0.0213. The maximum Gasteiger partial charge on any atom is 0.229 e. The van der Waals surface area contributed by atoms with E-state index in [2.05, 4.69) is 24.8 Å². The summed E-state index contributed by atoms with van der Waals surface area (Å²) < 4.78 is 4.45. The zero-order valence-electron chi connectivity index (χ0n) is 12.2. The molecule has 1 amide bonds. The van der Waals surface area contributed by atoms with Crippen molar-refractivity contribution in [3.05, 3.63) is 33.4 Å². The van der Waals surface area contributed by atoms with Crippen molar-refractivity contribution in [1.82, 2.24) is 19.5 Å². The summed E-state index contributed by atoms with van der Waals surface area (Å²) in [5.74, 6) is 0.418. The number of amides is 1. The van der Waals surface area contributed by atoms with E-state index >= 15 is 0 Å². The largest absolute Gasteiger partial charge is 0.310 e. The van der Waals surface area contributed by atoms with E-state index in [4.69, 9.17) is 23.2 Å². The summed E-state index contributed by atoms with van der Waals surface area (Å²) in [7, 11) is 0. The number of nitrogens with zero attached hydrogens (tertiary/aromatic N) is 4. The third-order valence-electron chi connectivity index (χ3n) is 3.74. The molecule has 1 N–H and O–H groups in total. The van der Waals surface area contributed by atoms with Crippen molar-refractivity contribution in [3.63, 3.8) is 0 Å². The molecule has 1 aliphatic rings. The molecule has 3 rings (SSSR count). The highest BCUT2D eigenvalue weighted by Gasteiger charge is 2.27. The summed E-state index contributed by atoms with van der Waals surface area (Å²) >= 11 is 13.0. The Kier molecular flexibility index (Phi) is 5.42. The molecule has 2 aromatic rings. The molecule has 0 aromatic carbocycles. The number of nitrogens with one attached hydrogen (secondary N) is 1. The lowest BCUT2D eigenvalue weighted by Crippen LogP contribution is -2.40. The molecular weight excluding hydrogens is 357 g/mol. The van der Waals surface area contributed by atoms with Crippen LogP contribution in [0.3, 0.4) is 0 Å².